The van der Waals surface area contributed by atoms with Crippen molar-refractivity contribution in [3.63, 3.8) is 0 Å². The van der Waals surface area contributed by atoms with E-state index in [9.17, 15) is 4.79 Å². The van der Waals surface area contributed by atoms with Gasteiger partial charge in [-0.2, -0.15) is 0 Å². The fourth-order valence-electron chi connectivity index (χ4n) is 2.16. The van der Waals surface area contributed by atoms with Crippen molar-refractivity contribution in [2.24, 2.45) is 0 Å². The first kappa shape index (κ1) is 14.3. The zero-order valence-corrected chi connectivity index (χ0v) is 12.3. The number of carbonyl (C=O) groups is 1. The summed E-state index contributed by atoms with van der Waals surface area (Å²) in [6.07, 6.45) is 3.47. The van der Waals surface area contributed by atoms with Crippen molar-refractivity contribution < 1.29 is 26.5 Å². The highest BCUT2D eigenvalue weighted by Crippen LogP contribution is 2.18. The van der Waals surface area contributed by atoms with Crippen molar-refractivity contribution in [1.29, 1.82) is 0 Å². The van der Waals surface area contributed by atoms with Crippen molar-refractivity contribution in [3.8, 4) is 0 Å². The van der Waals surface area contributed by atoms with Crippen LogP contribution >= 0.6 is 0 Å². The molecule has 3 rings (SSSR count). The molecule has 1 heterocycles. The lowest BCUT2D eigenvalue weighted by molar-refractivity contribution is -0.741. The first-order valence-corrected chi connectivity index (χ1v) is 6.16. The molecule has 0 unspecified atom stereocenters. The Morgan fingerprint density at radius 1 is 1.00 bits per heavy atom. The second kappa shape index (κ2) is 6.39. The number of hydrogen-bond donors (Lipinski definition) is 0. The van der Waals surface area contributed by atoms with E-state index in [4.69, 9.17) is 0 Å². The Labute approximate surface area is 127 Å². The smallest absolute Gasteiger partial charge is 0.236 e. The lowest BCUT2D eigenvalue weighted by atomic mass is 10.0. The zero-order chi connectivity index (χ0) is 13.1. The molecule has 0 saturated heterocycles. The van der Waals surface area contributed by atoms with Crippen molar-refractivity contribution in [2.75, 3.05) is 0 Å². The lowest BCUT2D eigenvalue weighted by Gasteiger charge is -2.03. The average Bonchev–Trinajstić information content (AvgIpc) is 2.47. The third kappa shape index (κ3) is 2.91. The minimum atomic E-state index is 0. The zero-order valence-electron chi connectivity index (χ0n) is 10.7. The standard InChI is InChI=1S/C16H13N2O.BrH/c19-16(12-18-11-4-3-10-17-18)15-9-5-7-13-6-1-2-8-14(13)15;/h1-11H,12H2;1H/q+1;/p-1. The minimum Gasteiger partial charge on any atom is -1.00 e. The summed E-state index contributed by atoms with van der Waals surface area (Å²) in [5, 5.41) is 6.20. The predicted octanol–water partition coefficient (Wildman–Crippen LogP) is -0.591. The van der Waals surface area contributed by atoms with Crippen molar-refractivity contribution in [2.45, 2.75) is 6.54 Å². The molecule has 2 aromatic carbocycles. The highest BCUT2D eigenvalue weighted by atomic mass is 79.9. The molecule has 0 atom stereocenters. The van der Waals surface area contributed by atoms with Crippen molar-refractivity contribution in [3.05, 3.63) is 72.6 Å². The molecule has 0 amide bonds. The van der Waals surface area contributed by atoms with E-state index in [2.05, 4.69) is 5.10 Å². The SMILES string of the molecule is O=C(C[n+]1ccccn1)c1cccc2ccccc12.[Br-]. The molecule has 0 aliphatic rings. The Bertz CT molecular complexity index is 723. The molecule has 0 radical (unpaired) electrons. The first-order valence-electron chi connectivity index (χ1n) is 6.16. The van der Waals surface area contributed by atoms with Gasteiger partial charge in [0.25, 0.3) is 0 Å². The number of ketones is 1. The Balaban J connectivity index is 0.00000147. The highest BCUT2D eigenvalue weighted by Gasteiger charge is 2.15. The molecule has 4 heteroatoms. The molecule has 100 valence electrons. The van der Waals surface area contributed by atoms with Crippen LogP contribution in [0.15, 0.2) is 67.0 Å². The number of halogens is 1. The maximum atomic E-state index is 12.4. The average molecular weight is 329 g/mol. The van der Waals surface area contributed by atoms with Gasteiger partial charge in [-0.25, -0.2) is 0 Å². The number of hydrogen-bond acceptors (Lipinski definition) is 2. The molecule has 0 aliphatic carbocycles. The van der Waals surface area contributed by atoms with Crippen LogP contribution in [0.4, 0.5) is 0 Å². The summed E-state index contributed by atoms with van der Waals surface area (Å²) < 4.78 is 1.64. The molecule has 0 saturated carbocycles. The Hall–Kier alpha value is -2.07. The van der Waals surface area contributed by atoms with E-state index in [1.165, 1.54) is 0 Å². The van der Waals surface area contributed by atoms with Crippen LogP contribution in [0, 0.1) is 0 Å². The van der Waals surface area contributed by atoms with Crippen LogP contribution in [-0.2, 0) is 6.54 Å². The monoisotopic (exact) mass is 328 g/mol. The maximum absolute atomic E-state index is 12.4. The van der Waals surface area contributed by atoms with Crippen molar-refractivity contribution >= 4 is 16.6 Å². The molecule has 0 fully saturated rings. The topological polar surface area (TPSA) is 33.8 Å². The number of nitrogens with zero attached hydrogens (tertiary/aromatic N) is 2. The summed E-state index contributed by atoms with van der Waals surface area (Å²) in [6.45, 7) is 0.259. The van der Waals surface area contributed by atoms with E-state index in [1.54, 1.807) is 17.1 Å². The summed E-state index contributed by atoms with van der Waals surface area (Å²) in [5.74, 6) is 0.0699. The maximum Gasteiger partial charge on any atom is 0.236 e. The molecule has 0 spiro atoms. The first-order chi connectivity index (χ1) is 9.34. The number of benzene rings is 2. The second-order valence-corrected chi connectivity index (χ2v) is 4.35. The molecule has 0 bridgehead atoms. The minimum absolute atomic E-state index is 0. The Kier molecular flexibility index (Phi) is 4.58. The van der Waals surface area contributed by atoms with Crippen LogP contribution in [0.2, 0.25) is 0 Å². The van der Waals surface area contributed by atoms with Gasteiger partial charge in [-0.05, 0) is 21.9 Å². The van der Waals surface area contributed by atoms with Gasteiger partial charge < -0.3 is 17.0 Å². The molecular formula is C16H13BrN2O. The third-order valence-corrected chi connectivity index (χ3v) is 3.07. The Morgan fingerprint density at radius 3 is 2.60 bits per heavy atom. The van der Waals surface area contributed by atoms with Gasteiger partial charge in [-0.1, -0.05) is 47.1 Å². The normalized spacial score (nSPS) is 10.0. The van der Waals surface area contributed by atoms with E-state index in [0.29, 0.717) is 0 Å². The van der Waals surface area contributed by atoms with Gasteiger partial charge in [0.05, 0.1) is 6.20 Å². The summed E-state index contributed by atoms with van der Waals surface area (Å²) >= 11 is 0. The number of fused-ring (bicyclic) bond motifs is 1. The van der Waals surface area contributed by atoms with E-state index >= 15 is 0 Å². The van der Waals surface area contributed by atoms with Crippen LogP contribution < -0.4 is 21.7 Å². The molecule has 3 nitrogen and oxygen atoms in total. The van der Waals surface area contributed by atoms with Crippen LogP contribution in [0.25, 0.3) is 10.8 Å². The third-order valence-electron chi connectivity index (χ3n) is 3.07. The second-order valence-electron chi connectivity index (χ2n) is 4.35. The van der Waals surface area contributed by atoms with E-state index in [-0.39, 0.29) is 29.3 Å². The van der Waals surface area contributed by atoms with Gasteiger partial charge >= 0.3 is 0 Å². The van der Waals surface area contributed by atoms with Gasteiger partial charge in [0.1, 0.15) is 0 Å². The summed E-state index contributed by atoms with van der Waals surface area (Å²) in [5.41, 5.74) is 0.747. The number of aromatic nitrogens is 2. The molecule has 0 aliphatic heterocycles. The largest absolute Gasteiger partial charge is 1.00 e. The number of rotatable bonds is 3. The number of carbonyl (C=O) groups excluding carboxylic acids is 1. The summed E-state index contributed by atoms with van der Waals surface area (Å²) in [6, 6.07) is 17.4. The molecule has 1 aromatic heterocycles. The molecular weight excluding hydrogens is 316 g/mol. The van der Waals surface area contributed by atoms with Crippen LogP contribution in [0.3, 0.4) is 0 Å². The van der Waals surface area contributed by atoms with Gasteiger partial charge in [0.2, 0.25) is 12.3 Å². The van der Waals surface area contributed by atoms with Gasteiger partial charge in [-0.15, -0.1) is 0 Å². The van der Waals surface area contributed by atoms with Crippen LogP contribution in [0.5, 0.6) is 0 Å². The lowest BCUT2D eigenvalue weighted by Crippen LogP contribution is -3.00. The predicted molar refractivity (Wildman–Crippen MR) is 72.7 cm³/mol. The summed E-state index contributed by atoms with van der Waals surface area (Å²) in [4.78, 5) is 12.4. The molecule has 20 heavy (non-hydrogen) atoms. The van der Waals surface area contributed by atoms with Crippen LogP contribution in [0.1, 0.15) is 10.4 Å². The van der Waals surface area contributed by atoms with Gasteiger partial charge in [0.15, 0.2) is 6.20 Å². The van der Waals surface area contributed by atoms with Crippen LogP contribution in [-0.4, -0.2) is 10.9 Å². The van der Waals surface area contributed by atoms with Gasteiger partial charge in [0, 0.05) is 11.6 Å². The van der Waals surface area contributed by atoms with Gasteiger partial charge in [-0.3, -0.25) is 4.79 Å². The highest BCUT2D eigenvalue weighted by molar-refractivity contribution is 6.07. The quantitative estimate of drug-likeness (QED) is 0.475. The summed E-state index contributed by atoms with van der Waals surface area (Å²) in [7, 11) is 0. The molecule has 3 aromatic rings. The Morgan fingerprint density at radius 2 is 1.80 bits per heavy atom. The van der Waals surface area contributed by atoms with E-state index < -0.39 is 0 Å². The van der Waals surface area contributed by atoms with Crippen molar-refractivity contribution in [1.82, 2.24) is 5.10 Å². The number of Topliss-reactive ketones (excluding diaryl/α,β-unsaturated/α-hetero) is 1. The molecule has 0 N–H and O–H groups in total. The fraction of sp³-hybridized carbons (Fsp3) is 0.0625. The fourth-order valence-corrected chi connectivity index (χ4v) is 2.16. The van der Waals surface area contributed by atoms with E-state index in [1.807, 2.05) is 54.6 Å². The van der Waals surface area contributed by atoms with E-state index in [0.717, 1.165) is 16.3 Å².